The molecule has 0 unspecified atom stereocenters. The first-order valence-corrected chi connectivity index (χ1v) is 10.4. The first kappa shape index (κ1) is 21.1. The molecule has 0 aliphatic carbocycles. The molecule has 0 saturated carbocycles. The van der Waals surface area contributed by atoms with Crippen LogP contribution in [0.2, 0.25) is 10.0 Å². The van der Waals surface area contributed by atoms with Crippen LogP contribution < -0.4 is 10.1 Å². The number of fused-ring (bicyclic) bond motifs is 1. The molecule has 0 fully saturated rings. The Morgan fingerprint density at radius 2 is 2.10 bits per heavy atom. The van der Waals surface area contributed by atoms with Crippen LogP contribution in [0.1, 0.15) is 32.1 Å². The smallest absolute Gasteiger partial charge is 0.335 e. The van der Waals surface area contributed by atoms with Gasteiger partial charge < -0.3 is 14.8 Å². The van der Waals surface area contributed by atoms with Crippen molar-refractivity contribution in [2.24, 2.45) is 0 Å². The molecule has 3 heterocycles. The lowest BCUT2D eigenvalue weighted by atomic mass is 10.2. The second-order valence-electron chi connectivity index (χ2n) is 6.50. The summed E-state index contributed by atoms with van der Waals surface area (Å²) >= 11 is 13.2. The first-order valence-electron chi connectivity index (χ1n) is 8.88. The summed E-state index contributed by atoms with van der Waals surface area (Å²) in [5.41, 5.74) is 1.97. The van der Waals surface area contributed by atoms with Crippen molar-refractivity contribution in [1.29, 1.82) is 0 Å². The van der Waals surface area contributed by atoms with Gasteiger partial charge in [-0.15, -0.1) is 0 Å². The number of pyridine rings is 1. The van der Waals surface area contributed by atoms with E-state index in [1.54, 1.807) is 25.4 Å². The predicted molar refractivity (Wildman–Crippen MR) is 119 cm³/mol. The van der Waals surface area contributed by atoms with Gasteiger partial charge in [-0.1, -0.05) is 40.6 Å². The molecular weight excluding hydrogens is 463 g/mol. The fourth-order valence-corrected chi connectivity index (χ4v) is 4.15. The fraction of sp³-hybridized carbons (Fsp3) is 0.100. The number of aromatic amines is 1. The van der Waals surface area contributed by atoms with E-state index in [-0.39, 0.29) is 38.8 Å². The first-order chi connectivity index (χ1) is 14.8. The average Bonchev–Trinajstić information content (AvgIpc) is 3.28. The molecule has 1 amide bonds. The number of benzene rings is 1. The molecule has 0 aliphatic heterocycles. The van der Waals surface area contributed by atoms with Crippen LogP contribution in [-0.4, -0.2) is 31.9 Å². The van der Waals surface area contributed by atoms with E-state index in [2.05, 4.69) is 20.3 Å². The Balaban J connectivity index is 1.65. The number of aromatic nitrogens is 3. The molecular formula is C20H14Cl2N4O4S. The Kier molecular flexibility index (Phi) is 5.81. The number of carboxylic acids is 1. The number of nitrogens with zero attached hydrogens (tertiary/aromatic N) is 2. The molecule has 158 valence electrons. The minimum atomic E-state index is -1.10. The number of hydrogen-bond donors (Lipinski definition) is 3. The van der Waals surface area contributed by atoms with Gasteiger partial charge >= 0.3 is 5.97 Å². The number of nitrogens with one attached hydrogen (secondary N) is 2. The van der Waals surface area contributed by atoms with E-state index in [0.29, 0.717) is 15.9 Å². The van der Waals surface area contributed by atoms with E-state index < -0.39 is 11.9 Å². The topological polar surface area (TPSA) is 117 Å². The molecule has 0 atom stereocenters. The highest BCUT2D eigenvalue weighted by Gasteiger charge is 2.21. The van der Waals surface area contributed by atoms with Crippen LogP contribution in [0.4, 0.5) is 5.13 Å². The number of hydrogen-bond acceptors (Lipinski definition) is 6. The highest BCUT2D eigenvalue weighted by Crippen LogP contribution is 2.35. The lowest BCUT2D eigenvalue weighted by molar-refractivity contribution is 0.0696. The van der Waals surface area contributed by atoms with Crippen LogP contribution in [0.3, 0.4) is 0 Å². The van der Waals surface area contributed by atoms with Crippen LogP contribution in [0, 0.1) is 6.92 Å². The zero-order valence-corrected chi connectivity index (χ0v) is 18.2. The Morgan fingerprint density at radius 1 is 1.29 bits per heavy atom. The SMILES string of the molecule is Cc1[nH]c(C(=O)Nc2nc3c(OCc4cccnc4)cc(C(=O)O)cc3s2)c(Cl)c1Cl. The molecule has 4 aromatic rings. The lowest BCUT2D eigenvalue weighted by Crippen LogP contribution is -2.12. The molecule has 1 aromatic carbocycles. The van der Waals surface area contributed by atoms with Gasteiger partial charge in [-0.2, -0.15) is 0 Å². The van der Waals surface area contributed by atoms with E-state index in [4.69, 9.17) is 27.9 Å². The molecule has 0 aliphatic rings. The number of amides is 1. The summed E-state index contributed by atoms with van der Waals surface area (Å²) in [4.78, 5) is 35.4. The fourth-order valence-electron chi connectivity index (χ4n) is 2.82. The maximum absolute atomic E-state index is 12.6. The van der Waals surface area contributed by atoms with Crippen molar-refractivity contribution in [1.82, 2.24) is 15.0 Å². The number of carboxylic acid groups (broad SMARTS) is 1. The summed E-state index contributed by atoms with van der Waals surface area (Å²) in [6, 6.07) is 6.49. The van der Waals surface area contributed by atoms with Crippen LogP contribution in [0.5, 0.6) is 5.75 Å². The van der Waals surface area contributed by atoms with E-state index in [9.17, 15) is 14.7 Å². The minimum absolute atomic E-state index is 0.0463. The summed E-state index contributed by atoms with van der Waals surface area (Å²) in [6.45, 7) is 1.88. The number of carbonyl (C=O) groups excluding carboxylic acids is 1. The maximum atomic E-state index is 12.6. The average molecular weight is 477 g/mol. The monoisotopic (exact) mass is 476 g/mol. The van der Waals surface area contributed by atoms with Crippen LogP contribution in [0.15, 0.2) is 36.7 Å². The number of H-pyrrole nitrogens is 1. The molecule has 0 radical (unpaired) electrons. The third-order valence-electron chi connectivity index (χ3n) is 4.33. The number of ether oxygens (including phenoxy) is 1. The highest BCUT2D eigenvalue weighted by molar-refractivity contribution is 7.22. The van der Waals surface area contributed by atoms with Gasteiger partial charge in [0.25, 0.3) is 5.91 Å². The largest absolute Gasteiger partial charge is 0.486 e. The second kappa shape index (κ2) is 8.54. The molecule has 31 heavy (non-hydrogen) atoms. The Bertz CT molecular complexity index is 1300. The van der Waals surface area contributed by atoms with Crippen LogP contribution in [-0.2, 0) is 6.61 Å². The Labute approximate surface area is 189 Å². The Morgan fingerprint density at radius 3 is 2.74 bits per heavy atom. The highest BCUT2D eigenvalue weighted by atomic mass is 35.5. The summed E-state index contributed by atoms with van der Waals surface area (Å²) in [5.74, 6) is -1.34. The normalized spacial score (nSPS) is 10.9. The number of rotatable bonds is 6. The molecule has 0 spiro atoms. The van der Waals surface area contributed by atoms with Crippen molar-refractivity contribution in [3.8, 4) is 5.75 Å². The summed E-state index contributed by atoms with van der Waals surface area (Å²) in [5, 5.41) is 12.7. The second-order valence-corrected chi connectivity index (χ2v) is 8.29. The third kappa shape index (κ3) is 4.34. The number of carbonyl (C=O) groups is 2. The molecule has 3 aromatic heterocycles. The van der Waals surface area contributed by atoms with Gasteiger partial charge in [0.05, 0.1) is 20.3 Å². The lowest BCUT2D eigenvalue weighted by Gasteiger charge is -2.07. The van der Waals surface area contributed by atoms with Gasteiger partial charge in [0.2, 0.25) is 0 Å². The number of aryl methyl sites for hydroxylation is 1. The van der Waals surface area contributed by atoms with Gasteiger partial charge in [0, 0.05) is 23.7 Å². The van der Waals surface area contributed by atoms with Gasteiger partial charge in [-0.3, -0.25) is 15.1 Å². The van der Waals surface area contributed by atoms with Crippen LogP contribution in [0.25, 0.3) is 10.2 Å². The number of aromatic carboxylic acids is 1. The van der Waals surface area contributed by atoms with Crippen molar-refractivity contribution < 1.29 is 19.4 Å². The van der Waals surface area contributed by atoms with Gasteiger partial charge in [-0.25, -0.2) is 9.78 Å². The zero-order chi connectivity index (χ0) is 22.1. The van der Waals surface area contributed by atoms with Crippen molar-refractivity contribution >= 4 is 61.8 Å². The molecule has 0 bridgehead atoms. The predicted octanol–water partition coefficient (Wildman–Crippen LogP) is 5.16. The van der Waals surface area contributed by atoms with E-state index >= 15 is 0 Å². The molecule has 11 heteroatoms. The van der Waals surface area contributed by atoms with Gasteiger partial charge in [0.15, 0.2) is 5.13 Å². The molecule has 8 nitrogen and oxygen atoms in total. The zero-order valence-electron chi connectivity index (χ0n) is 15.9. The van der Waals surface area contributed by atoms with E-state index in [0.717, 1.165) is 16.9 Å². The minimum Gasteiger partial charge on any atom is -0.486 e. The van der Waals surface area contributed by atoms with Gasteiger partial charge in [-0.05, 0) is 25.1 Å². The van der Waals surface area contributed by atoms with Crippen molar-refractivity contribution in [2.45, 2.75) is 13.5 Å². The van der Waals surface area contributed by atoms with E-state index in [1.165, 1.54) is 12.1 Å². The van der Waals surface area contributed by atoms with E-state index in [1.807, 2.05) is 6.07 Å². The van der Waals surface area contributed by atoms with Gasteiger partial charge in [0.1, 0.15) is 23.6 Å². The number of thiazole rings is 1. The van der Waals surface area contributed by atoms with Crippen molar-refractivity contribution in [3.05, 3.63) is 69.2 Å². The Hall–Kier alpha value is -3.14. The number of halogens is 2. The third-order valence-corrected chi connectivity index (χ3v) is 6.19. The molecule has 0 saturated heterocycles. The van der Waals surface area contributed by atoms with Crippen molar-refractivity contribution in [2.75, 3.05) is 5.32 Å². The van der Waals surface area contributed by atoms with Crippen molar-refractivity contribution in [3.63, 3.8) is 0 Å². The maximum Gasteiger partial charge on any atom is 0.335 e. The number of anilines is 1. The van der Waals surface area contributed by atoms with Crippen LogP contribution >= 0.6 is 34.5 Å². The summed E-state index contributed by atoms with van der Waals surface area (Å²) in [7, 11) is 0. The quantitative estimate of drug-likeness (QED) is 0.353. The molecule has 4 rings (SSSR count). The summed E-state index contributed by atoms with van der Waals surface area (Å²) < 4.78 is 6.37. The standard InChI is InChI=1S/C20H14Cl2N4O4S/c1-9-14(21)15(22)17(24-9)18(27)26-20-25-16-12(30-8-10-3-2-4-23-7-10)5-11(19(28)29)6-13(16)31-20/h2-7,24H,8H2,1H3,(H,28,29)(H,25,26,27). The summed E-state index contributed by atoms with van der Waals surface area (Å²) in [6.07, 6.45) is 3.30. The molecule has 3 N–H and O–H groups in total.